The average molecular weight is 595 g/mol. The predicted octanol–water partition coefficient (Wildman–Crippen LogP) is 1.94. The number of cyclic esters (lactones) is 1. The summed E-state index contributed by atoms with van der Waals surface area (Å²) in [5, 5.41) is 46.1. The predicted molar refractivity (Wildman–Crippen MR) is 146 cm³/mol. The van der Waals surface area contributed by atoms with E-state index in [-0.39, 0.29) is 43.7 Å². The number of esters is 1. The summed E-state index contributed by atoms with van der Waals surface area (Å²) in [7, 11) is 2.99. The van der Waals surface area contributed by atoms with Gasteiger partial charge in [0.25, 0.3) is 0 Å². The number of carbonyl (C=O) groups excluding carboxylic acids is 1. The van der Waals surface area contributed by atoms with Crippen molar-refractivity contribution in [1.82, 2.24) is 0 Å². The second-order valence-electron chi connectivity index (χ2n) is 14.0. The fourth-order valence-corrected chi connectivity index (χ4v) is 10.4. The van der Waals surface area contributed by atoms with Gasteiger partial charge in [-0.15, -0.1) is 0 Å². The summed E-state index contributed by atoms with van der Waals surface area (Å²) in [6.45, 7) is 4.07. The van der Waals surface area contributed by atoms with Crippen LogP contribution in [0.5, 0.6) is 0 Å². The van der Waals surface area contributed by atoms with Gasteiger partial charge in [0.1, 0.15) is 24.9 Å². The molecule has 4 N–H and O–H groups in total. The molecule has 1 saturated heterocycles. The van der Waals surface area contributed by atoms with Crippen molar-refractivity contribution in [2.75, 3.05) is 20.8 Å². The van der Waals surface area contributed by atoms with Crippen LogP contribution in [-0.2, 0) is 33.3 Å². The van der Waals surface area contributed by atoms with Crippen LogP contribution >= 0.6 is 0 Å². The van der Waals surface area contributed by atoms with E-state index in [0.29, 0.717) is 32.1 Å². The van der Waals surface area contributed by atoms with Crippen LogP contribution < -0.4 is 0 Å². The molecule has 6 aliphatic rings. The van der Waals surface area contributed by atoms with Gasteiger partial charge in [0.15, 0.2) is 6.29 Å². The smallest absolute Gasteiger partial charge is 0.331 e. The third kappa shape index (κ3) is 4.10. The maximum atomic E-state index is 13.3. The second-order valence-corrected chi connectivity index (χ2v) is 14.0. The minimum absolute atomic E-state index is 0.00156. The number of rotatable bonds is 6. The van der Waals surface area contributed by atoms with E-state index >= 15 is 0 Å². The van der Waals surface area contributed by atoms with Gasteiger partial charge in [0.05, 0.1) is 28.8 Å². The Balaban J connectivity index is 1.25. The summed E-state index contributed by atoms with van der Waals surface area (Å²) in [5.41, 5.74) is -3.62. The lowest BCUT2D eigenvalue weighted by Gasteiger charge is -2.65. The Hall–Kier alpha value is -1.60. The van der Waals surface area contributed by atoms with E-state index < -0.39 is 70.7 Å². The number of carboxylic acids is 1. The van der Waals surface area contributed by atoms with Gasteiger partial charge in [0.2, 0.25) is 0 Å². The third-order valence-corrected chi connectivity index (χ3v) is 12.5. The van der Waals surface area contributed by atoms with E-state index in [2.05, 4.69) is 6.92 Å². The van der Waals surface area contributed by atoms with Crippen molar-refractivity contribution in [3.8, 4) is 0 Å². The molecule has 5 fully saturated rings. The van der Waals surface area contributed by atoms with Crippen LogP contribution in [0.4, 0.5) is 0 Å². The maximum absolute atomic E-state index is 13.3. The van der Waals surface area contributed by atoms with Gasteiger partial charge in [-0.1, -0.05) is 6.92 Å². The summed E-state index contributed by atoms with van der Waals surface area (Å²) in [5.74, 6) is -2.03. The van der Waals surface area contributed by atoms with E-state index in [9.17, 15) is 30.0 Å². The molecule has 0 aromatic carbocycles. The molecule has 6 rings (SSSR count). The zero-order valence-electron chi connectivity index (χ0n) is 25.0. The van der Waals surface area contributed by atoms with E-state index in [0.717, 1.165) is 12.0 Å². The number of fused-ring (bicyclic) bond motifs is 5. The van der Waals surface area contributed by atoms with E-state index in [1.165, 1.54) is 14.2 Å². The van der Waals surface area contributed by atoms with Gasteiger partial charge in [-0.2, -0.15) is 0 Å². The van der Waals surface area contributed by atoms with Crippen molar-refractivity contribution in [2.24, 2.45) is 28.6 Å². The van der Waals surface area contributed by atoms with Crippen LogP contribution in [0, 0.1) is 28.6 Å². The fraction of sp³-hybridized carbons (Fsp3) is 0.871. The monoisotopic (exact) mass is 594 g/mol. The Morgan fingerprint density at radius 3 is 2.36 bits per heavy atom. The third-order valence-electron chi connectivity index (χ3n) is 12.5. The Kier molecular flexibility index (Phi) is 7.60. The number of hydrogen-bond acceptors (Lipinski definition) is 10. The lowest BCUT2D eigenvalue weighted by atomic mass is 9.41. The molecule has 1 unspecified atom stereocenters. The first-order valence-corrected chi connectivity index (χ1v) is 15.4. The largest absolute Gasteiger partial charge is 0.481 e. The van der Waals surface area contributed by atoms with Gasteiger partial charge in [-0.05, 0) is 81.6 Å². The summed E-state index contributed by atoms with van der Waals surface area (Å²) in [4.78, 5) is 25.1. The van der Waals surface area contributed by atoms with Crippen molar-refractivity contribution in [2.45, 2.75) is 120 Å². The SMILES string of the molecule is CO[C@H]1[C@H](OC2CC[C@]3(C(=O)O)[C@H]4CC[C@]5(C)[C@@H](C6=CC(=O)OC6)CC[C@]5(O)[C@@H]4CC[C@]3(O)C2)O[C@H](C)[C@@H](O)[C@@H]1OC. The first-order valence-electron chi connectivity index (χ1n) is 15.4. The quantitative estimate of drug-likeness (QED) is 0.263. The summed E-state index contributed by atoms with van der Waals surface area (Å²) < 4.78 is 28.6. The molecule has 0 amide bonds. The zero-order chi connectivity index (χ0) is 30.2. The Labute approximate surface area is 246 Å². The Morgan fingerprint density at radius 1 is 1.00 bits per heavy atom. The molecule has 4 saturated carbocycles. The average Bonchev–Trinajstić information content (AvgIpc) is 3.49. The minimum Gasteiger partial charge on any atom is -0.481 e. The topological polar surface area (TPSA) is 161 Å². The van der Waals surface area contributed by atoms with Gasteiger partial charge in [-0.3, -0.25) is 4.79 Å². The minimum atomic E-state index is -1.53. The summed E-state index contributed by atoms with van der Waals surface area (Å²) in [6.07, 6.45) is 1.30. The van der Waals surface area contributed by atoms with Crippen LogP contribution in [0.1, 0.15) is 71.6 Å². The molecule has 2 aliphatic heterocycles. The van der Waals surface area contributed by atoms with Crippen LogP contribution in [0.2, 0.25) is 0 Å². The molecule has 2 heterocycles. The molecular weight excluding hydrogens is 548 g/mol. The Bertz CT molecular complexity index is 1130. The normalized spacial score (nSPS) is 52.1. The Morgan fingerprint density at radius 2 is 1.71 bits per heavy atom. The first kappa shape index (κ1) is 30.4. The summed E-state index contributed by atoms with van der Waals surface area (Å²) in [6, 6.07) is 0. The molecule has 42 heavy (non-hydrogen) atoms. The van der Waals surface area contributed by atoms with Crippen molar-refractivity contribution < 1.29 is 53.7 Å². The highest BCUT2D eigenvalue weighted by atomic mass is 16.7. The molecule has 236 valence electrons. The van der Waals surface area contributed by atoms with Crippen molar-refractivity contribution in [3.05, 3.63) is 11.6 Å². The highest BCUT2D eigenvalue weighted by Gasteiger charge is 2.73. The number of aliphatic carboxylic acids is 1. The van der Waals surface area contributed by atoms with Crippen LogP contribution in [0.15, 0.2) is 11.6 Å². The molecule has 0 spiro atoms. The number of aliphatic hydroxyl groups is 3. The zero-order valence-corrected chi connectivity index (χ0v) is 25.0. The van der Waals surface area contributed by atoms with Crippen LogP contribution in [0.3, 0.4) is 0 Å². The number of carboxylic acid groups (broad SMARTS) is 1. The number of carbonyl (C=O) groups is 2. The lowest BCUT2D eigenvalue weighted by molar-refractivity contribution is -0.324. The maximum Gasteiger partial charge on any atom is 0.331 e. The lowest BCUT2D eigenvalue weighted by Crippen LogP contribution is -2.70. The van der Waals surface area contributed by atoms with Gasteiger partial charge < -0.3 is 44.1 Å². The van der Waals surface area contributed by atoms with E-state index in [1.54, 1.807) is 13.0 Å². The molecule has 13 atom stereocenters. The molecule has 0 aromatic heterocycles. The highest BCUT2D eigenvalue weighted by Crippen LogP contribution is 2.71. The van der Waals surface area contributed by atoms with Crippen molar-refractivity contribution >= 4 is 11.9 Å². The van der Waals surface area contributed by atoms with Crippen molar-refractivity contribution in [1.29, 1.82) is 0 Å². The molecular formula is C31H46O11. The number of methoxy groups -OCH3 is 2. The number of aliphatic hydroxyl groups excluding tert-OH is 1. The van der Waals surface area contributed by atoms with Gasteiger partial charge in [-0.25, -0.2) is 4.79 Å². The second kappa shape index (κ2) is 10.5. The highest BCUT2D eigenvalue weighted by molar-refractivity contribution is 5.85. The van der Waals surface area contributed by atoms with Crippen molar-refractivity contribution in [3.63, 3.8) is 0 Å². The van der Waals surface area contributed by atoms with Gasteiger partial charge >= 0.3 is 11.9 Å². The first-order chi connectivity index (χ1) is 19.8. The van der Waals surface area contributed by atoms with E-state index in [4.69, 9.17) is 23.7 Å². The molecule has 11 nitrogen and oxygen atoms in total. The fourth-order valence-electron chi connectivity index (χ4n) is 10.4. The van der Waals surface area contributed by atoms with E-state index in [1.807, 2.05) is 0 Å². The number of hydrogen-bond donors (Lipinski definition) is 4. The van der Waals surface area contributed by atoms with Crippen LogP contribution in [-0.4, -0.2) is 101 Å². The molecule has 0 radical (unpaired) electrons. The van der Waals surface area contributed by atoms with Gasteiger partial charge in [0, 0.05) is 32.1 Å². The molecule has 4 aliphatic carbocycles. The standard InChI is InChI=1S/C31H46O11/c1-16-23(33)24(38-3)25(39-4)26(41-16)42-18-5-11-30(27(34)35)20-6-9-28(2)19(17-13-22(32)40-15-17)8-12-31(28,37)21(20)7-10-29(30,36)14-18/h13,16,18-21,23-26,33,36-37H,5-12,14-15H2,1-4H3,(H,34,35)/t16-,18?,19-,20+,21-,23-,24+,25-,26+,28-,29+,30-,31+/m1/s1. The van der Waals surface area contributed by atoms with Crippen LogP contribution in [0.25, 0.3) is 0 Å². The molecule has 0 aromatic rings. The molecule has 0 bridgehead atoms. The summed E-state index contributed by atoms with van der Waals surface area (Å²) >= 11 is 0. The number of ether oxygens (including phenoxy) is 5. The molecule has 11 heteroatoms.